The maximum Gasteiger partial charge on any atom is 0.416 e. The number of nitrogens with zero attached hydrogens (tertiary/aromatic N) is 1. The molecule has 9 heteroatoms. The van der Waals surface area contributed by atoms with Crippen LogP contribution in [-0.2, 0) is 11.0 Å². The molecule has 1 atom stereocenters. The van der Waals surface area contributed by atoms with Gasteiger partial charge in [0.15, 0.2) is 0 Å². The summed E-state index contributed by atoms with van der Waals surface area (Å²) in [6.07, 6.45) is -4.39. The maximum atomic E-state index is 12.9. The van der Waals surface area contributed by atoms with E-state index in [1.54, 1.807) is 48.1 Å². The molecule has 0 aliphatic carbocycles. The van der Waals surface area contributed by atoms with Crippen LogP contribution in [-0.4, -0.2) is 16.8 Å². The van der Waals surface area contributed by atoms with E-state index in [1.165, 1.54) is 17.4 Å². The minimum Gasteiger partial charge on any atom is -0.326 e. The number of alkyl halides is 3. The molecule has 0 bridgehead atoms. The average Bonchev–Trinajstić information content (AvgIpc) is 3.24. The number of thiazole rings is 1. The van der Waals surface area contributed by atoms with Crippen LogP contribution in [0.25, 0.3) is 0 Å². The van der Waals surface area contributed by atoms with E-state index in [9.17, 15) is 22.8 Å². The van der Waals surface area contributed by atoms with Crippen LogP contribution in [0.3, 0.4) is 0 Å². The van der Waals surface area contributed by atoms with Gasteiger partial charge in [-0.2, -0.15) is 13.2 Å². The van der Waals surface area contributed by atoms with E-state index in [-0.39, 0.29) is 24.2 Å². The van der Waals surface area contributed by atoms with E-state index >= 15 is 0 Å². The van der Waals surface area contributed by atoms with E-state index in [2.05, 4.69) is 15.6 Å². The van der Waals surface area contributed by atoms with Crippen molar-refractivity contribution in [2.75, 3.05) is 10.6 Å². The van der Waals surface area contributed by atoms with Crippen molar-refractivity contribution in [3.63, 3.8) is 0 Å². The summed E-state index contributed by atoms with van der Waals surface area (Å²) in [7, 11) is 0. The average molecular weight is 433 g/mol. The minimum absolute atomic E-state index is 0.0314. The number of carbonyl (C=O) groups is 2. The molecule has 30 heavy (non-hydrogen) atoms. The first-order chi connectivity index (χ1) is 14.2. The van der Waals surface area contributed by atoms with Gasteiger partial charge in [-0.3, -0.25) is 9.59 Å². The van der Waals surface area contributed by atoms with Gasteiger partial charge in [0.2, 0.25) is 5.91 Å². The Morgan fingerprint density at radius 1 is 1.07 bits per heavy atom. The molecule has 1 aromatic heterocycles. The van der Waals surface area contributed by atoms with Gasteiger partial charge in [0.1, 0.15) is 5.69 Å². The Morgan fingerprint density at radius 3 is 2.33 bits per heavy atom. The first kappa shape index (κ1) is 21.5. The third-order valence-corrected chi connectivity index (χ3v) is 4.95. The molecule has 5 nitrogen and oxygen atoms in total. The quantitative estimate of drug-likeness (QED) is 0.536. The number of hydrogen-bond acceptors (Lipinski definition) is 4. The second-order valence-corrected chi connectivity index (χ2v) is 7.40. The molecule has 156 valence electrons. The van der Waals surface area contributed by atoms with Crippen LogP contribution in [0.15, 0.2) is 59.4 Å². The van der Waals surface area contributed by atoms with Gasteiger partial charge in [0, 0.05) is 23.2 Å². The summed E-state index contributed by atoms with van der Waals surface area (Å²) >= 11 is 1.32. The Hall–Kier alpha value is -3.20. The number of nitrogens with one attached hydrogen (secondary N) is 2. The molecule has 1 heterocycles. The minimum atomic E-state index is -4.42. The monoisotopic (exact) mass is 433 g/mol. The number of anilines is 2. The zero-order valence-corrected chi connectivity index (χ0v) is 16.7. The standard InChI is InChI=1S/C21H18F3N3O2S/c1-13(14-3-2-4-15(10-14)21(22,23)24)9-19(28)26-16-5-7-17(8-6-16)27-20(29)18-11-30-12-25-18/h2-8,10-13H,9H2,1H3,(H,26,28)(H,27,29)/t13-/m1/s1. The number of benzene rings is 2. The van der Waals surface area contributed by atoms with Crippen LogP contribution in [0.2, 0.25) is 0 Å². The van der Waals surface area contributed by atoms with E-state index in [4.69, 9.17) is 0 Å². The van der Waals surface area contributed by atoms with Crippen molar-refractivity contribution in [3.8, 4) is 0 Å². The molecular formula is C21H18F3N3O2S. The highest BCUT2D eigenvalue weighted by molar-refractivity contribution is 7.07. The smallest absolute Gasteiger partial charge is 0.326 e. The predicted octanol–water partition coefficient (Wildman–Crippen LogP) is 5.55. The summed E-state index contributed by atoms with van der Waals surface area (Å²) < 4.78 is 38.6. The maximum absolute atomic E-state index is 12.9. The molecule has 0 fully saturated rings. The van der Waals surface area contributed by atoms with Gasteiger partial charge in [0.25, 0.3) is 5.91 Å². The van der Waals surface area contributed by atoms with Gasteiger partial charge < -0.3 is 10.6 Å². The van der Waals surface area contributed by atoms with Gasteiger partial charge in [-0.15, -0.1) is 11.3 Å². The Bertz CT molecular complexity index is 1020. The Kier molecular flexibility index (Phi) is 6.51. The van der Waals surface area contributed by atoms with Gasteiger partial charge in [0.05, 0.1) is 11.1 Å². The Morgan fingerprint density at radius 2 is 1.73 bits per heavy atom. The zero-order chi connectivity index (χ0) is 21.7. The van der Waals surface area contributed by atoms with Gasteiger partial charge in [-0.25, -0.2) is 4.98 Å². The molecule has 3 rings (SSSR count). The summed E-state index contributed by atoms with van der Waals surface area (Å²) in [5.74, 6) is -1.04. The summed E-state index contributed by atoms with van der Waals surface area (Å²) in [5.41, 5.74) is 2.66. The second kappa shape index (κ2) is 9.08. The molecule has 2 amide bonds. The molecule has 3 aromatic rings. The van der Waals surface area contributed by atoms with Crippen LogP contribution >= 0.6 is 11.3 Å². The van der Waals surface area contributed by atoms with Crippen LogP contribution < -0.4 is 10.6 Å². The third kappa shape index (κ3) is 5.66. The largest absolute Gasteiger partial charge is 0.416 e. The SMILES string of the molecule is C[C@H](CC(=O)Nc1ccc(NC(=O)c2cscn2)cc1)c1cccc(C(F)(F)F)c1. The Labute approximate surface area is 175 Å². The summed E-state index contributed by atoms with van der Waals surface area (Å²) in [4.78, 5) is 28.2. The fourth-order valence-corrected chi connectivity index (χ4v) is 3.32. The number of rotatable bonds is 6. The number of amides is 2. The van der Waals surface area contributed by atoms with Crippen molar-refractivity contribution in [2.45, 2.75) is 25.4 Å². The second-order valence-electron chi connectivity index (χ2n) is 6.68. The van der Waals surface area contributed by atoms with Crippen molar-refractivity contribution >= 4 is 34.5 Å². The number of hydrogen-bond donors (Lipinski definition) is 2. The van der Waals surface area contributed by atoms with E-state index in [0.29, 0.717) is 22.6 Å². The molecule has 0 saturated carbocycles. The van der Waals surface area contributed by atoms with Crippen molar-refractivity contribution in [3.05, 3.63) is 76.2 Å². The van der Waals surface area contributed by atoms with Crippen LogP contribution in [0.1, 0.15) is 40.9 Å². The molecule has 0 aliphatic heterocycles. The fraction of sp³-hybridized carbons (Fsp3) is 0.190. The van der Waals surface area contributed by atoms with Crippen LogP contribution in [0, 0.1) is 0 Å². The molecule has 0 unspecified atom stereocenters. The Balaban J connectivity index is 1.56. The lowest BCUT2D eigenvalue weighted by Gasteiger charge is -2.14. The molecular weight excluding hydrogens is 415 g/mol. The van der Waals surface area contributed by atoms with Crippen LogP contribution in [0.5, 0.6) is 0 Å². The van der Waals surface area contributed by atoms with Crippen LogP contribution in [0.4, 0.5) is 24.5 Å². The van der Waals surface area contributed by atoms with E-state index < -0.39 is 11.7 Å². The van der Waals surface area contributed by atoms with Gasteiger partial charge >= 0.3 is 6.18 Å². The number of halogens is 3. The summed E-state index contributed by atoms with van der Waals surface area (Å²) in [6, 6.07) is 11.5. The van der Waals surface area contributed by atoms with E-state index in [0.717, 1.165) is 12.1 Å². The summed E-state index contributed by atoms with van der Waals surface area (Å²) in [6.45, 7) is 1.70. The molecule has 0 spiro atoms. The fourth-order valence-electron chi connectivity index (χ4n) is 2.79. The molecule has 0 aliphatic rings. The van der Waals surface area contributed by atoms with Gasteiger partial charge in [-0.05, 0) is 41.8 Å². The summed E-state index contributed by atoms with van der Waals surface area (Å²) in [5, 5.41) is 7.04. The van der Waals surface area contributed by atoms with E-state index in [1.807, 2.05) is 0 Å². The number of carbonyl (C=O) groups excluding carboxylic acids is 2. The lowest BCUT2D eigenvalue weighted by atomic mass is 9.95. The lowest BCUT2D eigenvalue weighted by Crippen LogP contribution is -2.15. The van der Waals surface area contributed by atoms with Crippen molar-refractivity contribution in [1.29, 1.82) is 0 Å². The topological polar surface area (TPSA) is 71.1 Å². The highest BCUT2D eigenvalue weighted by Gasteiger charge is 2.30. The first-order valence-electron chi connectivity index (χ1n) is 8.99. The lowest BCUT2D eigenvalue weighted by molar-refractivity contribution is -0.137. The highest BCUT2D eigenvalue weighted by atomic mass is 32.1. The zero-order valence-electron chi connectivity index (χ0n) is 15.9. The predicted molar refractivity (Wildman–Crippen MR) is 110 cm³/mol. The molecule has 2 N–H and O–H groups in total. The molecule has 0 radical (unpaired) electrons. The number of aromatic nitrogens is 1. The third-order valence-electron chi connectivity index (χ3n) is 4.37. The molecule has 2 aromatic carbocycles. The first-order valence-corrected chi connectivity index (χ1v) is 9.93. The van der Waals surface area contributed by atoms with Crippen molar-refractivity contribution in [1.82, 2.24) is 4.98 Å². The normalized spacial score (nSPS) is 12.3. The van der Waals surface area contributed by atoms with Gasteiger partial charge in [-0.1, -0.05) is 25.1 Å². The highest BCUT2D eigenvalue weighted by Crippen LogP contribution is 2.31. The molecule has 0 saturated heterocycles. The van der Waals surface area contributed by atoms with Crippen molar-refractivity contribution < 1.29 is 22.8 Å². The van der Waals surface area contributed by atoms with Crippen molar-refractivity contribution in [2.24, 2.45) is 0 Å².